The van der Waals surface area contributed by atoms with E-state index < -0.39 is 0 Å². The zero-order valence-corrected chi connectivity index (χ0v) is 8.88. The SMILES string of the molecule is CC(C)CN=C(N)NC1CCC1C. The summed E-state index contributed by atoms with van der Waals surface area (Å²) in [6.45, 7) is 7.35. The summed E-state index contributed by atoms with van der Waals surface area (Å²) in [5.74, 6) is 1.96. The lowest BCUT2D eigenvalue weighted by Crippen LogP contribution is -2.48. The Morgan fingerprint density at radius 2 is 2.23 bits per heavy atom. The fourth-order valence-corrected chi connectivity index (χ4v) is 1.40. The van der Waals surface area contributed by atoms with Crippen molar-refractivity contribution in [3.05, 3.63) is 0 Å². The molecule has 0 saturated heterocycles. The highest BCUT2D eigenvalue weighted by atomic mass is 15.1. The van der Waals surface area contributed by atoms with Crippen LogP contribution < -0.4 is 11.1 Å². The largest absolute Gasteiger partial charge is 0.370 e. The highest BCUT2D eigenvalue weighted by Gasteiger charge is 2.26. The first kappa shape index (κ1) is 10.4. The molecular weight excluding hydrogens is 162 g/mol. The smallest absolute Gasteiger partial charge is 0.188 e. The molecule has 0 bridgehead atoms. The molecule has 0 radical (unpaired) electrons. The number of guanidine groups is 1. The second kappa shape index (κ2) is 4.49. The number of aliphatic imine (C=N–C) groups is 1. The van der Waals surface area contributed by atoms with Gasteiger partial charge in [-0.1, -0.05) is 20.8 Å². The van der Waals surface area contributed by atoms with E-state index in [2.05, 4.69) is 31.1 Å². The van der Waals surface area contributed by atoms with Crippen LogP contribution in [-0.4, -0.2) is 18.5 Å². The van der Waals surface area contributed by atoms with E-state index in [1.807, 2.05) is 0 Å². The summed E-state index contributed by atoms with van der Waals surface area (Å²) in [5, 5.41) is 3.25. The van der Waals surface area contributed by atoms with Crippen LogP contribution in [0.3, 0.4) is 0 Å². The van der Waals surface area contributed by atoms with Gasteiger partial charge in [-0.15, -0.1) is 0 Å². The minimum atomic E-state index is 0.566. The molecule has 0 spiro atoms. The third-order valence-corrected chi connectivity index (χ3v) is 2.58. The summed E-state index contributed by atoms with van der Waals surface area (Å²) >= 11 is 0. The van der Waals surface area contributed by atoms with Crippen LogP contribution in [0.25, 0.3) is 0 Å². The highest BCUT2D eigenvalue weighted by Crippen LogP contribution is 2.25. The van der Waals surface area contributed by atoms with Crippen LogP contribution in [0, 0.1) is 11.8 Å². The number of nitrogens with zero attached hydrogens (tertiary/aromatic N) is 1. The van der Waals surface area contributed by atoms with Crippen LogP contribution in [0.5, 0.6) is 0 Å². The molecule has 3 heteroatoms. The van der Waals surface area contributed by atoms with Crippen molar-refractivity contribution in [2.45, 2.75) is 39.7 Å². The molecule has 1 aliphatic rings. The van der Waals surface area contributed by atoms with Gasteiger partial charge < -0.3 is 11.1 Å². The molecule has 13 heavy (non-hydrogen) atoms. The normalized spacial score (nSPS) is 28.8. The Hall–Kier alpha value is -0.730. The zero-order valence-electron chi connectivity index (χ0n) is 8.88. The average molecular weight is 183 g/mol. The average Bonchev–Trinajstić information content (AvgIpc) is 2.08. The van der Waals surface area contributed by atoms with Crippen molar-refractivity contribution in [2.24, 2.45) is 22.6 Å². The minimum Gasteiger partial charge on any atom is -0.370 e. The summed E-state index contributed by atoms with van der Waals surface area (Å²) in [5.41, 5.74) is 5.73. The molecular formula is C10H21N3. The van der Waals surface area contributed by atoms with E-state index in [1.165, 1.54) is 12.8 Å². The van der Waals surface area contributed by atoms with Gasteiger partial charge in [0.2, 0.25) is 0 Å². The van der Waals surface area contributed by atoms with Crippen molar-refractivity contribution in [3.8, 4) is 0 Å². The number of rotatable bonds is 3. The fraction of sp³-hybridized carbons (Fsp3) is 0.900. The van der Waals surface area contributed by atoms with Crippen LogP contribution in [0.1, 0.15) is 33.6 Å². The molecule has 0 aliphatic heterocycles. The number of hydrogen-bond acceptors (Lipinski definition) is 1. The minimum absolute atomic E-state index is 0.566. The maximum Gasteiger partial charge on any atom is 0.188 e. The van der Waals surface area contributed by atoms with E-state index in [4.69, 9.17) is 5.73 Å². The Kier molecular flexibility index (Phi) is 3.58. The van der Waals surface area contributed by atoms with Crippen molar-refractivity contribution < 1.29 is 0 Å². The van der Waals surface area contributed by atoms with Gasteiger partial charge in [-0.2, -0.15) is 0 Å². The Morgan fingerprint density at radius 1 is 1.54 bits per heavy atom. The van der Waals surface area contributed by atoms with Gasteiger partial charge in [0.05, 0.1) is 0 Å². The van der Waals surface area contributed by atoms with Gasteiger partial charge in [-0.3, -0.25) is 4.99 Å². The molecule has 1 rings (SSSR count). The van der Waals surface area contributed by atoms with Gasteiger partial charge in [0.25, 0.3) is 0 Å². The quantitative estimate of drug-likeness (QED) is 0.512. The maximum absolute atomic E-state index is 5.73. The predicted octanol–water partition coefficient (Wildman–Crippen LogP) is 1.35. The van der Waals surface area contributed by atoms with Crippen LogP contribution in [-0.2, 0) is 0 Å². The van der Waals surface area contributed by atoms with Gasteiger partial charge in [-0.25, -0.2) is 0 Å². The molecule has 0 aromatic heterocycles. The van der Waals surface area contributed by atoms with Crippen LogP contribution >= 0.6 is 0 Å². The third-order valence-electron chi connectivity index (χ3n) is 2.58. The second-order valence-corrected chi connectivity index (χ2v) is 4.43. The molecule has 1 aliphatic carbocycles. The molecule has 1 saturated carbocycles. The topological polar surface area (TPSA) is 50.4 Å². The lowest BCUT2D eigenvalue weighted by molar-refractivity contribution is 0.257. The van der Waals surface area contributed by atoms with E-state index in [1.54, 1.807) is 0 Å². The molecule has 0 aromatic rings. The lowest BCUT2D eigenvalue weighted by Gasteiger charge is -2.34. The Bertz CT molecular complexity index is 187. The van der Waals surface area contributed by atoms with E-state index >= 15 is 0 Å². The van der Waals surface area contributed by atoms with E-state index in [0.29, 0.717) is 17.9 Å². The first-order valence-electron chi connectivity index (χ1n) is 5.16. The first-order valence-corrected chi connectivity index (χ1v) is 5.16. The summed E-state index contributed by atoms with van der Waals surface area (Å²) in [7, 11) is 0. The molecule has 0 heterocycles. The van der Waals surface area contributed by atoms with Crippen molar-refractivity contribution in [2.75, 3.05) is 6.54 Å². The standard InChI is InChI=1S/C10H21N3/c1-7(2)6-12-10(11)13-9-5-4-8(9)3/h7-9H,4-6H2,1-3H3,(H3,11,12,13). The van der Waals surface area contributed by atoms with Crippen molar-refractivity contribution >= 4 is 5.96 Å². The van der Waals surface area contributed by atoms with Gasteiger partial charge in [0, 0.05) is 12.6 Å². The van der Waals surface area contributed by atoms with E-state index in [-0.39, 0.29) is 0 Å². The van der Waals surface area contributed by atoms with Crippen molar-refractivity contribution in [1.29, 1.82) is 0 Å². The summed E-state index contributed by atoms with van der Waals surface area (Å²) in [4.78, 5) is 4.26. The zero-order chi connectivity index (χ0) is 9.84. The van der Waals surface area contributed by atoms with E-state index in [9.17, 15) is 0 Å². The van der Waals surface area contributed by atoms with Crippen LogP contribution in [0.4, 0.5) is 0 Å². The molecule has 2 unspecified atom stereocenters. The molecule has 2 atom stereocenters. The van der Waals surface area contributed by atoms with Gasteiger partial charge in [0.1, 0.15) is 0 Å². The number of hydrogen-bond donors (Lipinski definition) is 2. The Balaban J connectivity index is 2.23. The first-order chi connectivity index (χ1) is 6.09. The van der Waals surface area contributed by atoms with E-state index in [0.717, 1.165) is 12.5 Å². The summed E-state index contributed by atoms with van der Waals surface area (Å²) in [6, 6.07) is 0.566. The Labute approximate surface area is 80.8 Å². The van der Waals surface area contributed by atoms with Crippen molar-refractivity contribution in [1.82, 2.24) is 5.32 Å². The lowest BCUT2D eigenvalue weighted by atomic mass is 9.81. The third kappa shape index (κ3) is 3.25. The number of nitrogens with one attached hydrogen (secondary N) is 1. The summed E-state index contributed by atoms with van der Waals surface area (Å²) < 4.78 is 0. The monoisotopic (exact) mass is 183 g/mol. The highest BCUT2D eigenvalue weighted by molar-refractivity contribution is 5.78. The van der Waals surface area contributed by atoms with Crippen molar-refractivity contribution in [3.63, 3.8) is 0 Å². The predicted molar refractivity (Wildman–Crippen MR) is 56.6 cm³/mol. The van der Waals surface area contributed by atoms with Gasteiger partial charge in [-0.05, 0) is 24.7 Å². The second-order valence-electron chi connectivity index (χ2n) is 4.43. The van der Waals surface area contributed by atoms with Gasteiger partial charge >= 0.3 is 0 Å². The molecule has 1 fully saturated rings. The van der Waals surface area contributed by atoms with Gasteiger partial charge in [0.15, 0.2) is 5.96 Å². The number of nitrogens with two attached hydrogens (primary N) is 1. The van der Waals surface area contributed by atoms with Crippen LogP contribution in [0.15, 0.2) is 4.99 Å². The molecule has 3 N–H and O–H groups in total. The maximum atomic E-state index is 5.73. The summed E-state index contributed by atoms with van der Waals surface area (Å²) in [6.07, 6.45) is 2.55. The van der Waals surface area contributed by atoms with Crippen LogP contribution in [0.2, 0.25) is 0 Å². The molecule has 0 aromatic carbocycles. The molecule has 0 amide bonds. The Morgan fingerprint density at radius 3 is 2.62 bits per heavy atom. The fourth-order valence-electron chi connectivity index (χ4n) is 1.40. The molecule has 76 valence electrons. The molecule has 3 nitrogen and oxygen atoms in total.